The van der Waals surface area contributed by atoms with Crippen molar-refractivity contribution in [1.82, 2.24) is 0 Å². The molecule has 0 spiro atoms. The van der Waals surface area contributed by atoms with Gasteiger partial charge in [0.1, 0.15) is 5.82 Å². The number of para-hydroxylation sites is 1. The number of aryl methyl sites for hydroxylation is 1. The number of carboxylic acids is 1. The van der Waals surface area contributed by atoms with Crippen molar-refractivity contribution in [3.63, 3.8) is 0 Å². The minimum Gasteiger partial charge on any atom is -0.478 e. The molecule has 0 radical (unpaired) electrons. The summed E-state index contributed by atoms with van der Waals surface area (Å²) < 4.78 is 13.8. The summed E-state index contributed by atoms with van der Waals surface area (Å²) in [6.45, 7) is 3.94. The van der Waals surface area contributed by atoms with E-state index in [1.807, 2.05) is 26.0 Å². The number of halogens is 1. The molecule has 1 aromatic carbocycles. The van der Waals surface area contributed by atoms with Gasteiger partial charge in [-0.05, 0) is 38.1 Å². The van der Waals surface area contributed by atoms with Gasteiger partial charge in [0.15, 0.2) is 0 Å². The van der Waals surface area contributed by atoms with E-state index in [4.69, 9.17) is 5.11 Å². The lowest BCUT2D eigenvalue weighted by atomic mass is 10.1. The van der Waals surface area contributed by atoms with Crippen molar-refractivity contribution in [2.24, 2.45) is 0 Å². The van der Waals surface area contributed by atoms with E-state index >= 15 is 0 Å². The van der Waals surface area contributed by atoms with Gasteiger partial charge < -0.3 is 10.4 Å². The summed E-state index contributed by atoms with van der Waals surface area (Å²) in [5, 5.41) is 12.1. The molecule has 2 rings (SSSR count). The largest absolute Gasteiger partial charge is 0.478 e. The van der Waals surface area contributed by atoms with Gasteiger partial charge in [-0.1, -0.05) is 6.07 Å². The van der Waals surface area contributed by atoms with Crippen LogP contribution in [0.2, 0.25) is 0 Å². The molecule has 0 saturated heterocycles. The fourth-order valence-corrected chi connectivity index (χ4v) is 3.06. The lowest BCUT2D eigenvalue weighted by Gasteiger charge is -2.16. The molecule has 0 fully saturated rings. The van der Waals surface area contributed by atoms with Crippen molar-refractivity contribution in [2.75, 3.05) is 5.32 Å². The average molecular weight is 293 g/mol. The van der Waals surface area contributed by atoms with Gasteiger partial charge in [0.25, 0.3) is 0 Å². The van der Waals surface area contributed by atoms with Crippen molar-refractivity contribution in [3.8, 4) is 0 Å². The lowest BCUT2D eigenvalue weighted by molar-refractivity contribution is 0.0697. The van der Waals surface area contributed by atoms with Crippen LogP contribution in [-0.4, -0.2) is 17.1 Å². The van der Waals surface area contributed by atoms with E-state index in [-0.39, 0.29) is 17.3 Å². The van der Waals surface area contributed by atoms with E-state index < -0.39 is 11.8 Å². The number of hydrogen-bond acceptors (Lipinski definition) is 3. The Morgan fingerprint density at radius 2 is 2.15 bits per heavy atom. The number of rotatable bonds is 5. The van der Waals surface area contributed by atoms with Crippen LogP contribution >= 0.6 is 11.3 Å². The highest BCUT2D eigenvalue weighted by Gasteiger charge is 2.16. The monoisotopic (exact) mass is 293 g/mol. The second-order valence-electron chi connectivity index (χ2n) is 4.73. The van der Waals surface area contributed by atoms with Crippen molar-refractivity contribution >= 4 is 23.0 Å². The molecule has 5 heteroatoms. The number of aromatic carboxylic acids is 1. The Hall–Kier alpha value is -1.88. The number of benzene rings is 1. The zero-order valence-electron chi connectivity index (χ0n) is 11.3. The van der Waals surface area contributed by atoms with Gasteiger partial charge in [-0.15, -0.1) is 11.3 Å². The molecule has 0 aliphatic heterocycles. The minimum atomic E-state index is -1.13. The van der Waals surface area contributed by atoms with Gasteiger partial charge in [-0.25, -0.2) is 9.18 Å². The van der Waals surface area contributed by atoms with Crippen molar-refractivity contribution < 1.29 is 14.3 Å². The van der Waals surface area contributed by atoms with Crippen LogP contribution in [0.5, 0.6) is 0 Å². The van der Waals surface area contributed by atoms with E-state index in [9.17, 15) is 9.18 Å². The second kappa shape index (κ2) is 6.05. The maximum absolute atomic E-state index is 13.8. The number of thiophene rings is 1. The quantitative estimate of drug-likeness (QED) is 0.878. The molecular weight excluding hydrogens is 277 g/mol. The summed E-state index contributed by atoms with van der Waals surface area (Å²) in [6, 6.07) is 8.09. The predicted molar refractivity (Wildman–Crippen MR) is 79.2 cm³/mol. The smallest absolute Gasteiger partial charge is 0.337 e. The van der Waals surface area contributed by atoms with Crippen LogP contribution in [-0.2, 0) is 6.42 Å². The maximum atomic E-state index is 13.8. The Labute approximate surface area is 121 Å². The van der Waals surface area contributed by atoms with Crippen LogP contribution in [0.1, 0.15) is 27.0 Å². The third-order valence-corrected chi connectivity index (χ3v) is 3.96. The highest BCUT2D eigenvalue weighted by Crippen LogP contribution is 2.23. The second-order valence-corrected chi connectivity index (χ2v) is 6.10. The first-order chi connectivity index (χ1) is 9.47. The van der Waals surface area contributed by atoms with Crippen LogP contribution in [0, 0.1) is 12.7 Å². The van der Waals surface area contributed by atoms with Crippen LogP contribution in [0.3, 0.4) is 0 Å². The first-order valence-electron chi connectivity index (χ1n) is 6.31. The first kappa shape index (κ1) is 14.5. The van der Waals surface area contributed by atoms with Crippen LogP contribution in [0.4, 0.5) is 10.1 Å². The van der Waals surface area contributed by atoms with Crippen molar-refractivity contribution in [3.05, 3.63) is 51.5 Å². The predicted octanol–water partition coefficient (Wildman–Crippen LogP) is 3.94. The number of hydrogen-bond donors (Lipinski definition) is 2. The third-order valence-electron chi connectivity index (χ3n) is 2.94. The third kappa shape index (κ3) is 3.36. The summed E-state index contributed by atoms with van der Waals surface area (Å²) >= 11 is 1.69. The van der Waals surface area contributed by atoms with Crippen LogP contribution in [0.15, 0.2) is 30.3 Å². The Kier molecular flexibility index (Phi) is 4.39. The Balaban J connectivity index is 2.15. The Bertz CT molecular complexity index is 624. The molecule has 0 amide bonds. The topological polar surface area (TPSA) is 49.3 Å². The molecular formula is C15H16FNO2S. The van der Waals surface area contributed by atoms with E-state index in [0.29, 0.717) is 0 Å². The fourth-order valence-electron chi connectivity index (χ4n) is 2.04. The van der Waals surface area contributed by atoms with Crippen LogP contribution in [0.25, 0.3) is 0 Å². The number of nitrogens with one attached hydrogen (secondary N) is 1. The molecule has 2 N–H and O–H groups in total. The summed E-state index contributed by atoms with van der Waals surface area (Å²) in [5.41, 5.74) is 0.0139. The van der Waals surface area contributed by atoms with Gasteiger partial charge in [-0.3, -0.25) is 0 Å². The van der Waals surface area contributed by atoms with Crippen LogP contribution < -0.4 is 5.32 Å². The van der Waals surface area contributed by atoms with Crippen molar-refractivity contribution in [1.29, 1.82) is 0 Å². The maximum Gasteiger partial charge on any atom is 0.337 e. The molecule has 1 atom stereocenters. The normalized spacial score (nSPS) is 12.2. The molecule has 1 unspecified atom stereocenters. The molecule has 106 valence electrons. The summed E-state index contributed by atoms with van der Waals surface area (Å²) in [5.74, 6) is -1.68. The molecule has 0 bridgehead atoms. The van der Waals surface area contributed by atoms with E-state index in [0.717, 1.165) is 6.42 Å². The van der Waals surface area contributed by atoms with Gasteiger partial charge >= 0.3 is 5.97 Å². The van der Waals surface area contributed by atoms with Gasteiger partial charge in [-0.2, -0.15) is 0 Å². The average Bonchev–Trinajstić information content (AvgIpc) is 2.77. The standard InChI is InChI=1S/C15H16FNO2S/c1-9(8-11-7-6-10(2)20-11)17-14-12(15(18)19)4-3-5-13(14)16/h3-7,9,17H,8H2,1-2H3,(H,18,19). The lowest BCUT2D eigenvalue weighted by Crippen LogP contribution is -2.20. The number of carbonyl (C=O) groups is 1. The molecule has 20 heavy (non-hydrogen) atoms. The molecule has 1 heterocycles. The van der Waals surface area contributed by atoms with Crippen molar-refractivity contribution in [2.45, 2.75) is 26.3 Å². The van der Waals surface area contributed by atoms with Gasteiger partial charge in [0.2, 0.25) is 0 Å². The zero-order chi connectivity index (χ0) is 14.7. The van der Waals surface area contributed by atoms with Gasteiger partial charge in [0, 0.05) is 22.2 Å². The van der Waals surface area contributed by atoms with E-state index in [1.165, 1.54) is 28.0 Å². The first-order valence-corrected chi connectivity index (χ1v) is 7.12. The Morgan fingerprint density at radius 3 is 2.75 bits per heavy atom. The number of carboxylic acid groups (broad SMARTS) is 1. The summed E-state index contributed by atoms with van der Waals surface area (Å²) in [4.78, 5) is 13.5. The molecule has 0 aliphatic carbocycles. The molecule has 1 aromatic heterocycles. The van der Waals surface area contributed by atoms with E-state index in [1.54, 1.807) is 11.3 Å². The highest BCUT2D eigenvalue weighted by atomic mass is 32.1. The van der Waals surface area contributed by atoms with E-state index in [2.05, 4.69) is 5.32 Å². The SMILES string of the molecule is Cc1ccc(CC(C)Nc2c(F)cccc2C(=O)O)s1. The minimum absolute atomic E-state index is 0.0424. The zero-order valence-corrected chi connectivity index (χ0v) is 12.1. The molecule has 2 aromatic rings. The summed E-state index contributed by atoms with van der Waals surface area (Å²) in [6.07, 6.45) is 0.728. The van der Waals surface area contributed by atoms with Gasteiger partial charge in [0.05, 0.1) is 11.3 Å². The fraction of sp³-hybridized carbons (Fsp3) is 0.267. The molecule has 3 nitrogen and oxygen atoms in total. The molecule has 0 aliphatic rings. The number of anilines is 1. The summed E-state index contributed by atoms with van der Waals surface area (Å²) in [7, 11) is 0. The highest BCUT2D eigenvalue weighted by molar-refractivity contribution is 7.11. The Morgan fingerprint density at radius 1 is 1.40 bits per heavy atom. The molecule has 0 saturated carbocycles.